The zero-order chi connectivity index (χ0) is 25.3. The lowest BCUT2D eigenvalue weighted by Crippen LogP contribution is -2.52. The average molecular weight is 508 g/mol. The molecule has 0 bridgehead atoms. The Bertz CT molecular complexity index is 1070. The smallest absolute Gasteiger partial charge is 0.244 e. The van der Waals surface area contributed by atoms with E-state index >= 15 is 0 Å². The van der Waals surface area contributed by atoms with Crippen LogP contribution in [0.5, 0.6) is 0 Å². The molecule has 0 aromatic heterocycles. The van der Waals surface area contributed by atoms with E-state index in [0.29, 0.717) is 30.1 Å². The van der Waals surface area contributed by atoms with Crippen LogP contribution < -0.4 is 9.62 Å². The number of aryl methyl sites for hydroxylation is 1. The molecule has 0 aliphatic carbocycles. The Morgan fingerprint density at radius 1 is 1.03 bits per heavy atom. The Morgan fingerprint density at radius 3 is 2.24 bits per heavy atom. The third-order valence-corrected chi connectivity index (χ3v) is 6.90. The molecule has 0 radical (unpaired) electrons. The molecular formula is C25H34ClN3O4S. The minimum Gasteiger partial charge on any atom is -0.354 e. The minimum absolute atomic E-state index is 0.154. The molecule has 0 saturated heterocycles. The fourth-order valence-corrected chi connectivity index (χ4v) is 4.73. The molecule has 1 N–H and O–H groups in total. The summed E-state index contributed by atoms with van der Waals surface area (Å²) in [6.07, 6.45) is 2.85. The molecule has 7 nitrogen and oxygen atoms in total. The maximum absolute atomic E-state index is 13.6. The summed E-state index contributed by atoms with van der Waals surface area (Å²) in [4.78, 5) is 28.0. The third-order valence-electron chi connectivity index (χ3n) is 5.52. The lowest BCUT2D eigenvalue weighted by atomic mass is 10.1. The number of anilines is 1. The van der Waals surface area contributed by atoms with Crippen LogP contribution in [-0.4, -0.2) is 50.5 Å². The molecule has 0 aliphatic heterocycles. The van der Waals surface area contributed by atoms with Crippen LogP contribution in [0.25, 0.3) is 0 Å². The van der Waals surface area contributed by atoms with Crippen molar-refractivity contribution in [3.63, 3.8) is 0 Å². The third kappa shape index (κ3) is 7.46. The Labute approximate surface area is 208 Å². The van der Waals surface area contributed by atoms with Crippen molar-refractivity contribution in [3.8, 4) is 0 Å². The van der Waals surface area contributed by atoms with E-state index in [1.165, 1.54) is 4.90 Å². The summed E-state index contributed by atoms with van der Waals surface area (Å²) >= 11 is 6.01. The molecule has 0 aliphatic rings. The largest absolute Gasteiger partial charge is 0.354 e. The van der Waals surface area contributed by atoms with Crippen molar-refractivity contribution in [2.45, 2.75) is 52.6 Å². The van der Waals surface area contributed by atoms with Gasteiger partial charge >= 0.3 is 0 Å². The first-order valence-electron chi connectivity index (χ1n) is 11.5. The molecule has 2 rings (SSSR count). The second-order valence-corrected chi connectivity index (χ2v) is 10.5. The van der Waals surface area contributed by atoms with Crippen LogP contribution in [0.1, 0.15) is 44.7 Å². The minimum atomic E-state index is -3.76. The van der Waals surface area contributed by atoms with E-state index in [4.69, 9.17) is 11.6 Å². The zero-order valence-corrected chi connectivity index (χ0v) is 21.8. The van der Waals surface area contributed by atoms with Crippen molar-refractivity contribution >= 4 is 39.1 Å². The van der Waals surface area contributed by atoms with Crippen LogP contribution in [0, 0.1) is 0 Å². The summed E-state index contributed by atoms with van der Waals surface area (Å²) < 4.78 is 26.6. The molecule has 34 heavy (non-hydrogen) atoms. The number of carbonyl (C=O) groups is 2. The summed E-state index contributed by atoms with van der Waals surface area (Å²) in [7, 11) is -3.76. The van der Waals surface area contributed by atoms with E-state index in [2.05, 4.69) is 5.32 Å². The maximum Gasteiger partial charge on any atom is 0.244 e. The van der Waals surface area contributed by atoms with Crippen molar-refractivity contribution in [3.05, 3.63) is 64.7 Å². The predicted octanol–water partition coefficient (Wildman–Crippen LogP) is 4.00. The van der Waals surface area contributed by atoms with Crippen LogP contribution in [-0.2, 0) is 32.6 Å². The maximum atomic E-state index is 13.6. The number of benzene rings is 2. The van der Waals surface area contributed by atoms with E-state index in [9.17, 15) is 18.0 Å². The predicted molar refractivity (Wildman–Crippen MR) is 137 cm³/mol. The quantitative estimate of drug-likeness (QED) is 0.470. The number of nitrogens with zero attached hydrogens (tertiary/aromatic N) is 2. The zero-order valence-electron chi connectivity index (χ0n) is 20.3. The summed E-state index contributed by atoms with van der Waals surface area (Å²) in [5.74, 6) is -0.712. The van der Waals surface area contributed by atoms with E-state index in [1.54, 1.807) is 36.4 Å². The van der Waals surface area contributed by atoms with Gasteiger partial charge in [-0.15, -0.1) is 0 Å². The number of rotatable bonds is 12. The second kappa shape index (κ2) is 12.8. The number of sulfonamides is 1. The van der Waals surface area contributed by atoms with Crippen LogP contribution in [0.3, 0.4) is 0 Å². The molecule has 9 heteroatoms. The molecule has 0 fully saturated rings. The van der Waals surface area contributed by atoms with E-state index in [0.717, 1.165) is 28.1 Å². The second-order valence-electron chi connectivity index (χ2n) is 8.12. The highest BCUT2D eigenvalue weighted by Crippen LogP contribution is 2.24. The van der Waals surface area contributed by atoms with E-state index in [-0.39, 0.29) is 12.5 Å². The molecule has 0 saturated carbocycles. The Kier molecular flexibility index (Phi) is 10.4. The van der Waals surface area contributed by atoms with Crippen LogP contribution in [0.15, 0.2) is 48.5 Å². The van der Waals surface area contributed by atoms with Crippen LogP contribution in [0.4, 0.5) is 5.69 Å². The molecule has 1 atom stereocenters. The number of para-hydroxylation sites is 1. The molecule has 2 amide bonds. The Morgan fingerprint density at radius 2 is 1.68 bits per heavy atom. The number of hydrogen-bond donors (Lipinski definition) is 1. The lowest BCUT2D eigenvalue weighted by Gasteiger charge is -2.33. The summed E-state index contributed by atoms with van der Waals surface area (Å²) in [6.45, 7) is 5.96. The first-order chi connectivity index (χ1) is 16.1. The van der Waals surface area contributed by atoms with Crippen molar-refractivity contribution in [1.82, 2.24) is 10.2 Å². The van der Waals surface area contributed by atoms with Gasteiger partial charge < -0.3 is 10.2 Å². The van der Waals surface area contributed by atoms with Gasteiger partial charge in [0.05, 0.1) is 11.9 Å². The van der Waals surface area contributed by atoms with E-state index < -0.39 is 28.5 Å². The van der Waals surface area contributed by atoms with Gasteiger partial charge in [0.15, 0.2) is 0 Å². The number of halogens is 1. The van der Waals surface area contributed by atoms with Crippen molar-refractivity contribution < 1.29 is 18.0 Å². The lowest BCUT2D eigenvalue weighted by molar-refractivity contribution is -0.140. The highest BCUT2D eigenvalue weighted by molar-refractivity contribution is 7.92. The molecule has 186 valence electrons. The monoisotopic (exact) mass is 507 g/mol. The van der Waals surface area contributed by atoms with Crippen molar-refractivity contribution in [1.29, 1.82) is 0 Å². The highest BCUT2D eigenvalue weighted by Gasteiger charge is 2.32. The molecule has 0 heterocycles. The van der Waals surface area contributed by atoms with Gasteiger partial charge in [-0.3, -0.25) is 13.9 Å². The van der Waals surface area contributed by atoms with Crippen LogP contribution in [0.2, 0.25) is 5.02 Å². The van der Waals surface area contributed by atoms with Crippen LogP contribution >= 0.6 is 11.6 Å². The first-order valence-corrected chi connectivity index (χ1v) is 13.7. The van der Waals surface area contributed by atoms with Crippen molar-refractivity contribution in [2.24, 2.45) is 0 Å². The number of nitrogens with one attached hydrogen (secondary N) is 1. The molecule has 0 spiro atoms. The molecule has 1 unspecified atom stereocenters. The summed E-state index contributed by atoms with van der Waals surface area (Å²) in [5, 5.41) is 3.42. The fraction of sp³-hybridized carbons (Fsp3) is 0.440. The molecule has 2 aromatic carbocycles. The molecular weight excluding hydrogens is 474 g/mol. The van der Waals surface area contributed by atoms with Gasteiger partial charge in [0.1, 0.15) is 12.6 Å². The molecule has 2 aromatic rings. The standard InChI is InChI=1S/C25H34ClN3O4S/c1-5-16-27-25(31)22(7-3)28(17-19-12-14-21(26)15-13-19)24(30)18-29(34(4,32)33)23-11-9-8-10-20(23)6-2/h8-15,22H,5-7,16-18H2,1-4H3,(H,27,31). The van der Waals surface area contributed by atoms with Gasteiger partial charge in [-0.1, -0.05) is 62.7 Å². The first kappa shape index (κ1) is 27.7. The summed E-state index contributed by atoms with van der Waals surface area (Å²) in [5.41, 5.74) is 2.08. The fourth-order valence-electron chi connectivity index (χ4n) is 3.72. The van der Waals surface area contributed by atoms with Gasteiger partial charge in [0.25, 0.3) is 0 Å². The average Bonchev–Trinajstić information content (AvgIpc) is 2.81. The Hall–Kier alpha value is -2.58. The van der Waals surface area contributed by atoms with Gasteiger partial charge in [0, 0.05) is 18.1 Å². The van der Waals surface area contributed by atoms with Gasteiger partial charge in [0.2, 0.25) is 21.8 Å². The topological polar surface area (TPSA) is 86.8 Å². The SMILES string of the molecule is CCCNC(=O)C(CC)N(Cc1ccc(Cl)cc1)C(=O)CN(c1ccccc1CC)S(C)(=O)=O. The normalized spacial score (nSPS) is 12.1. The Balaban J connectivity index is 2.45. The van der Waals surface area contributed by atoms with Gasteiger partial charge in [-0.25, -0.2) is 8.42 Å². The van der Waals surface area contributed by atoms with Crippen molar-refractivity contribution in [2.75, 3.05) is 23.7 Å². The number of hydrogen-bond acceptors (Lipinski definition) is 4. The van der Waals surface area contributed by atoms with Gasteiger partial charge in [-0.05, 0) is 48.6 Å². The van der Waals surface area contributed by atoms with Gasteiger partial charge in [-0.2, -0.15) is 0 Å². The number of amides is 2. The number of carbonyl (C=O) groups excluding carboxylic acids is 2. The highest BCUT2D eigenvalue weighted by atomic mass is 35.5. The van der Waals surface area contributed by atoms with E-state index in [1.807, 2.05) is 32.9 Å². The summed E-state index contributed by atoms with van der Waals surface area (Å²) in [6, 6.07) is 13.4.